The molecule has 1 aromatic carbocycles. The Labute approximate surface area is 147 Å². The molecule has 1 saturated heterocycles. The molecule has 6 nitrogen and oxygen atoms in total. The fourth-order valence-corrected chi connectivity index (χ4v) is 4.44. The van der Waals surface area contributed by atoms with Crippen molar-refractivity contribution in [2.24, 2.45) is 5.92 Å². The van der Waals surface area contributed by atoms with Crippen LogP contribution in [0.5, 0.6) is 0 Å². The number of amides is 1. The minimum Gasteiger partial charge on any atom is -0.326 e. The molecule has 1 N–H and O–H groups in total. The minimum atomic E-state index is -3.57. The standard InChI is InChI=1S/C18H21N3O3S/c1-14-4-6-17(7-5-14)25(23,24)21-12-2-3-15(13-21)18(22)20-16-8-10-19-11-9-16/h4-11,15H,2-3,12-13H2,1H3,(H,19,20,22)/t15-/m1/s1. The Kier molecular flexibility index (Phi) is 5.15. The van der Waals surface area contributed by atoms with E-state index in [4.69, 9.17) is 0 Å². The van der Waals surface area contributed by atoms with Gasteiger partial charge in [0.2, 0.25) is 15.9 Å². The number of sulfonamides is 1. The fraction of sp³-hybridized carbons (Fsp3) is 0.333. The average molecular weight is 359 g/mol. The van der Waals surface area contributed by atoms with Crippen molar-refractivity contribution in [1.82, 2.24) is 9.29 Å². The van der Waals surface area contributed by atoms with Gasteiger partial charge in [-0.15, -0.1) is 0 Å². The Morgan fingerprint density at radius 2 is 1.84 bits per heavy atom. The van der Waals surface area contributed by atoms with Gasteiger partial charge in [-0.2, -0.15) is 4.31 Å². The molecule has 132 valence electrons. The molecule has 1 atom stereocenters. The van der Waals surface area contributed by atoms with Gasteiger partial charge in [-0.25, -0.2) is 8.42 Å². The number of nitrogens with zero attached hydrogens (tertiary/aromatic N) is 2. The van der Waals surface area contributed by atoms with Gasteiger partial charge < -0.3 is 5.32 Å². The second kappa shape index (κ2) is 7.33. The van der Waals surface area contributed by atoms with Gasteiger partial charge in [0.25, 0.3) is 0 Å². The summed E-state index contributed by atoms with van der Waals surface area (Å²) in [5.41, 5.74) is 1.67. The molecule has 1 fully saturated rings. The van der Waals surface area contributed by atoms with Crippen molar-refractivity contribution in [3.63, 3.8) is 0 Å². The molecule has 1 aromatic heterocycles. The summed E-state index contributed by atoms with van der Waals surface area (Å²) in [4.78, 5) is 16.7. The van der Waals surface area contributed by atoms with E-state index in [2.05, 4.69) is 10.3 Å². The molecule has 7 heteroatoms. The number of piperidine rings is 1. The summed E-state index contributed by atoms with van der Waals surface area (Å²) in [6, 6.07) is 10.2. The first-order valence-electron chi connectivity index (χ1n) is 8.24. The summed E-state index contributed by atoms with van der Waals surface area (Å²) in [6.45, 7) is 2.55. The third kappa shape index (κ3) is 4.05. The van der Waals surface area contributed by atoms with Gasteiger partial charge in [0.1, 0.15) is 0 Å². The molecule has 0 radical (unpaired) electrons. The van der Waals surface area contributed by atoms with E-state index < -0.39 is 10.0 Å². The van der Waals surface area contributed by atoms with Crippen molar-refractivity contribution in [3.05, 3.63) is 54.4 Å². The maximum Gasteiger partial charge on any atom is 0.243 e. The maximum absolute atomic E-state index is 12.8. The van der Waals surface area contributed by atoms with E-state index in [1.165, 1.54) is 4.31 Å². The van der Waals surface area contributed by atoms with Crippen LogP contribution in [0.25, 0.3) is 0 Å². The van der Waals surface area contributed by atoms with E-state index in [9.17, 15) is 13.2 Å². The summed E-state index contributed by atoms with van der Waals surface area (Å²) >= 11 is 0. The van der Waals surface area contributed by atoms with Crippen molar-refractivity contribution in [1.29, 1.82) is 0 Å². The highest BCUT2D eigenvalue weighted by Gasteiger charge is 2.33. The highest BCUT2D eigenvalue weighted by Crippen LogP contribution is 2.25. The maximum atomic E-state index is 12.8. The first kappa shape index (κ1) is 17.6. The fourth-order valence-electron chi connectivity index (χ4n) is 2.91. The van der Waals surface area contributed by atoms with E-state index in [-0.39, 0.29) is 23.3 Å². The normalized spacial score (nSPS) is 18.7. The van der Waals surface area contributed by atoms with E-state index >= 15 is 0 Å². The molecule has 1 aliphatic rings. The molecule has 1 amide bonds. The predicted octanol–water partition coefficient (Wildman–Crippen LogP) is 2.43. The number of aromatic nitrogens is 1. The second-order valence-corrected chi connectivity index (χ2v) is 8.18. The van der Waals surface area contributed by atoms with Crippen LogP contribution in [-0.4, -0.2) is 36.7 Å². The molecule has 25 heavy (non-hydrogen) atoms. The van der Waals surface area contributed by atoms with Crippen molar-refractivity contribution < 1.29 is 13.2 Å². The number of pyridine rings is 1. The van der Waals surface area contributed by atoms with Crippen LogP contribution in [0.2, 0.25) is 0 Å². The largest absolute Gasteiger partial charge is 0.326 e. The number of carbonyl (C=O) groups is 1. The Bertz CT molecular complexity index is 836. The van der Waals surface area contributed by atoms with Gasteiger partial charge in [-0.1, -0.05) is 17.7 Å². The van der Waals surface area contributed by atoms with Gasteiger partial charge >= 0.3 is 0 Å². The highest BCUT2D eigenvalue weighted by atomic mass is 32.2. The predicted molar refractivity (Wildman–Crippen MR) is 95.5 cm³/mol. The Hall–Kier alpha value is -2.25. The molecule has 2 heterocycles. The van der Waals surface area contributed by atoms with Crippen LogP contribution >= 0.6 is 0 Å². The van der Waals surface area contributed by atoms with Crippen LogP contribution in [0.3, 0.4) is 0 Å². The summed E-state index contributed by atoms with van der Waals surface area (Å²) < 4.78 is 27.0. The molecular formula is C18H21N3O3S. The Balaban J connectivity index is 1.72. The van der Waals surface area contributed by atoms with Crippen molar-refractivity contribution in [2.75, 3.05) is 18.4 Å². The second-order valence-electron chi connectivity index (χ2n) is 6.24. The molecule has 1 aliphatic heterocycles. The lowest BCUT2D eigenvalue weighted by atomic mass is 9.99. The lowest BCUT2D eigenvalue weighted by Crippen LogP contribution is -2.43. The van der Waals surface area contributed by atoms with Crippen molar-refractivity contribution in [2.45, 2.75) is 24.7 Å². The molecular weight excluding hydrogens is 338 g/mol. The molecule has 0 aliphatic carbocycles. The van der Waals surface area contributed by atoms with Gasteiger partial charge in [0.15, 0.2) is 0 Å². The van der Waals surface area contributed by atoms with Gasteiger partial charge in [0.05, 0.1) is 10.8 Å². The SMILES string of the molecule is Cc1ccc(S(=O)(=O)N2CCC[C@@H](C(=O)Nc3ccncc3)C2)cc1. The zero-order chi connectivity index (χ0) is 17.9. The number of carbonyl (C=O) groups excluding carboxylic acids is 1. The number of hydrogen-bond donors (Lipinski definition) is 1. The number of anilines is 1. The minimum absolute atomic E-state index is 0.157. The number of rotatable bonds is 4. The smallest absolute Gasteiger partial charge is 0.243 e. The lowest BCUT2D eigenvalue weighted by Gasteiger charge is -2.31. The third-order valence-electron chi connectivity index (χ3n) is 4.36. The van der Waals surface area contributed by atoms with Crippen LogP contribution < -0.4 is 5.32 Å². The van der Waals surface area contributed by atoms with Crippen LogP contribution in [0.4, 0.5) is 5.69 Å². The number of hydrogen-bond acceptors (Lipinski definition) is 4. The Morgan fingerprint density at radius 1 is 1.16 bits per heavy atom. The monoisotopic (exact) mass is 359 g/mol. The molecule has 0 bridgehead atoms. The molecule has 0 saturated carbocycles. The number of nitrogens with one attached hydrogen (secondary N) is 1. The van der Waals surface area contributed by atoms with E-state index in [0.29, 0.717) is 25.1 Å². The summed E-state index contributed by atoms with van der Waals surface area (Å²) in [6.07, 6.45) is 4.55. The summed E-state index contributed by atoms with van der Waals surface area (Å²) in [7, 11) is -3.57. The first-order chi connectivity index (χ1) is 12.0. The zero-order valence-electron chi connectivity index (χ0n) is 14.1. The molecule has 2 aromatic rings. The lowest BCUT2D eigenvalue weighted by molar-refractivity contribution is -0.120. The van der Waals surface area contributed by atoms with Crippen LogP contribution in [0.15, 0.2) is 53.7 Å². The van der Waals surface area contributed by atoms with Gasteiger partial charge in [0, 0.05) is 31.2 Å². The van der Waals surface area contributed by atoms with Gasteiger partial charge in [-0.3, -0.25) is 9.78 Å². The van der Waals surface area contributed by atoms with Crippen LogP contribution in [0, 0.1) is 12.8 Å². The quantitative estimate of drug-likeness (QED) is 0.909. The molecule has 0 spiro atoms. The Morgan fingerprint density at radius 3 is 2.52 bits per heavy atom. The van der Waals surface area contributed by atoms with Crippen LogP contribution in [0.1, 0.15) is 18.4 Å². The highest BCUT2D eigenvalue weighted by molar-refractivity contribution is 7.89. The van der Waals surface area contributed by atoms with Crippen LogP contribution in [-0.2, 0) is 14.8 Å². The first-order valence-corrected chi connectivity index (χ1v) is 9.68. The van der Waals surface area contributed by atoms with E-state index in [1.54, 1.807) is 48.8 Å². The summed E-state index contributed by atoms with van der Waals surface area (Å²) in [5, 5.41) is 2.83. The van der Waals surface area contributed by atoms with E-state index in [1.807, 2.05) is 6.92 Å². The number of aryl methyl sites for hydroxylation is 1. The van der Waals surface area contributed by atoms with E-state index in [0.717, 1.165) is 5.56 Å². The van der Waals surface area contributed by atoms with Gasteiger partial charge in [-0.05, 0) is 44.0 Å². The molecule has 3 rings (SSSR count). The topological polar surface area (TPSA) is 79.4 Å². The zero-order valence-corrected chi connectivity index (χ0v) is 14.9. The average Bonchev–Trinajstić information content (AvgIpc) is 2.63. The molecule has 0 unspecified atom stereocenters. The van der Waals surface area contributed by atoms with Crippen molar-refractivity contribution in [3.8, 4) is 0 Å². The third-order valence-corrected chi connectivity index (χ3v) is 6.24. The summed E-state index contributed by atoms with van der Waals surface area (Å²) in [5.74, 6) is -0.517. The number of benzene rings is 1. The van der Waals surface area contributed by atoms with Crippen molar-refractivity contribution >= 4 is 21.6 Å².